The zero-order chi connectivity index (χ0) is 23.9. The number of aryl methyl sites for hydroxylation is 1. The number of fused-ring (bicyclic) bond motifs is 2. The SMILES string of the molecule is CC.COc1cccc2c1CC(N1CCC(O)C1)CC2.c1nc(N2CCCC2)c2[nH]cnc2n1. The number of anilines is 1. The van der Waals surface area contributed by atoms with Gasteiger partial charge in [0.25, 0.3) is 0 Å². The minimum Gasteiger partial charge on any atom is -0.496 e. The fourth-order valence-electron chi connectivity index (χ4n) is 5.26. The van der Waals surface area contributed by atoms with Gasteiger partial charge >= 0.3 is 0 Å². The molecule has 0 radical (unpaired) electrons. The van der Waals surface area contributed by atoms with E-state index in [4.69, 9.17) is 4.74 Å². The largest absolute Gasteiger partial charge is 0.496 e. The van der Waals surface area contributed by atoms with E-state index in [1.807, 2.05) is 13.8 Å². The van der Waals surface area contributed by atoms with Crippen LogP contribution in [0.5, 0.6) is 5.75 Å². The summed E-state index contributed by atoms with van der Waals surface area (Å²) in [5.74, 6) is 2.02. The molecule has 34 heavy (non-hydrogen) atoms. The van der Waals surface area contributed by atoms with Crippen LogP contribution in [0.1, 0.15) is 50.7 Å². The van der Waals surface area contributed by atoms with Crippen LogP contribution in [0.25, 0.3) is 11.2 Å². The molecule has 1 aromatic carbocycles. The van der Waals surface area contributed by atoms with Crippen LogP contribution in [0, 0.1) is 0 Å². The number of hydrogen-bond donors (Lipinski definition) is 2. The van der Waals surface area contributed by atoms with Crippen molar-refractivity contribution >= 4 is 17.0 Å². The highest BCUT2D eigenvalue weighted by Gasteiger charge is 2.30. The van der Waals surface area contributed by atoms with Gasteiger partial charge in [0.05, 0.1) is 19.5 Å². The van der Waals surface area contributed by atoms with E-state index >= 15 is 0 Å². The van der Waals surface area contributed by atoms with Gasteiger partial charge in [-0.25, -0.2) is 15.0 Å². The molecule has 2 fully saturated rings. The Morgan fingerprint density at radius 1 is 1.06 bits per heavy atom. The Bertz CT molecular complexity index is 1030. The van der Waals surface area contributed by atoms with Crippen molar-refractivity contribution < 1.29 is 9.84 Å². The number of aliphatic hydroxyl groups excluding tert-OH is 1. The second kappa shape index (κ2) is 11.6. The minimum atomic E-state index is -0.121. The van der Waals surface area contributed by atoms with E-state index in [0.29, 0.717) is 6.04 Å². The molecule has 2 aliphatic heterocycles. The first-order valence-corrected chi connectivity index (χ1v) is 12.7. The number of aromatic nitrogens is 4. The highest BCUT2D eigenvalue weighted by atomic mass is 16.5. The molecular formula is C26H38N6O2. The number of ether oxygens (including phenoxy) is 1. The van der Waals surface area contributed by atoms with E-state index in [0.717, 1.165) is 68.2 Å². The molecule has 3 aliphatic rings. The molecule has 0 saturated carbocycles. The molecule has 2 saturated heterocycles. The van der Waals surface area contributed by atoms with E-state index < -0.39 is 0 Å². The predicted molar refractivity (Wildman–Crippen MR) is 135 cm³/mol. The highest BCUT2D eigenvalue weighted by Crippen LogP contribution is 2.32. The summed E-state index contributed by atoms with van der Waals surface area (Å²) in [7, 11) is 1.75. The summed E-state index contributed by atoms with van der Waals surface area (Å²) in [4.78, 5) is 20.3. The molecule has 184 valence electrons. The Balaban J connectivity index is 0.000000154. The van der Waals surface area contributed by atoms with Crippen molar-refractivity contribution in [2.24, 2.45) is 0 Å². The average Bonchev–Trinajstić information content (AvgIpc) is 3.67. The molecule has 0 amide bonds. The van der Waals surface area contributed by atoms with Crippen LogP contribution in [0.15, 0.2) is 30.9 Å². The quantitative estimate of drug-likeness (QED) is 0.609. The first-order chi connectivity index (χ1) is 16.7. The Kier molecular flexibility index (Phi) is 8.34. The molecule has 2 atom stereocenters. The lowest BCUT2D eigenvalue weighted by Crippen LogP contribution is -2.38. The molecule has 0 spiro atoms. The van der Waals surface area contributed by atoms with Gasteiger partial charge in [0, 0.05) is 32.2 Å². The van der Waals surface area contributed by atoms with E-state index in [2.05, 4.69) is 47.9 Å². The molecule has 4 heterocycles. The molecule has 8 heteroatoms. The number of rotatable bonds is 3. The standard InChI is InChI=1S/C15H21NO2.C9H11N5.C2H6/c1-18-15-4-2-3-11-5-6-12(9-14(11)15)16-8-7-13(17)10-16;1-2-4-14(3-1)9-7-8(11-5-10-7)12-6-13-9;1-2/h2-4,12-13,17H,5-10H2,1H3;5-6H,1-4H2,(H,10,11,12,13);1-2H3. The van der Waals surface area contributed by atoms with Gasteiger partial charge in [-0.05, 0) is 55.7 Å². The number of hydrogen-bond acceptors (Lipinski definition) is 7. The van der Waals surface area contributed by atoms with Gasteiger partial charge in [0.1, 0.15) is 17.6 Å². The van der Waals surface area contributed by atoms with Gasteiger partial charge in [0.15, 0.2) is 11.5 Å². The Hall–Kier alpha value is -2.71. The maximum atomic E-state index is 9.66. The molecule has 2 unspecified atom stereocenters. The summed E-state index contributed by atoms with van der Waals surface area (Å²) >= 11 is 0. The Labute approximate surface area is 202 Å². The summed E-state index contributed by atoms with van der Waals surface area (Å²) in [6.07, 6.45) is 9.94. The third-order valence-corrected chi connectivity index (χ3v) is 6.96. The van der Waals surface area contributed by atoms with Gasteiger partial charge in [-0.2, -0.15) is 0 Å². The average molecular weight is 467 g/mol. The lowest BCUT2D eigenvalue weighted by atomic mass is 9.87. The molecule has 2 aromatic heterocycles. The number of imidazole rings is 1. The smallest absolute Gasteiger partial charge is 0.182 e. The summed E-state index contributed by atoms with van der Waals surface area (Å²) in [5, 5.41) is 9.66. The number of methoxy groups -OCH3 is 1. The summed E-state index contributed by atoms with van der Waals surface area (Å²) in [6, 6.07) is 6.93. The number of aromatic amines is 1. The third-order valence-electron chi connectivity index (χ3n) is 6.96. The van der Waals surface area contributed by atoms with Gasteiger partial charge < -0.3 is 19.7 Å². The lowest BCUT2D eigenvalue weighted by molar-refractivity contribution is 0.152. The third kappa shape index (κ3) is 5.33. The second-order valence-corrected chi connectivity index (χ2v) is 8.92. The van der Waals surface area contributed by atoms with Gasteiger partial charge in [-0.1, -0.05) is 26.0 Å². The highest BCUT2D eigenvalue weighted by molar-refractivity contribution is 5.82. The first kappa shape index (κ1) is 24.4. The van der Waals surface area contributed by atoms with E-state index in [1.165, 1.54) is 30.4 Å². The van der Waals surface area contributed by atoms with Crippen LogP contribution >= 0.6 is 0 Å². The summed E-state index contributed by atoms with van der Waals surface area (Å²) in [6.45, 7) is 8.06. The molecule has 3 aromatic rings. The maximum absolute atomic E-state index is 9.66. The van der Waals surface area contributed by atoms with Gasteiger partial charge in [-0.3, -0.25) is 4.90 Å². The van der Waals surface area contributed by atoms with Crippen molar-refractivity contribution in [3.63, 3.8) is 0 Å². The van der Waals surface area contributed by atoms with Crippen molar-refractivity contribution in [3.8, 4) is 5.75 Å². The van der Waals surface area contributed by atoms with Crippen molar-refractivity contribution in [2.75, 3.05) is 38.2 Å². The van der Waals surface area contributed by atoms with Crippen LogP contribution in [0.2, 0.25) is 0 Å². The number of H-pyrrole nitrogens is 1. The molecular weight excluding hydrogens is 428 g/mol. The zero-order valence-corrected chi connectivity index (χ0v) is 20.7. The summed E-state index contributed by atoms with van der Waals surface area (Å²) < 4.78 is 5.48. The van der Waals surface area contributed by atoms with Crippen LogP contribution < -0.4 is 9.64 Å². The molecule has 1 aliphatic carbocycles. The maximum Gasteiger partial charge on any atom is 0.182 e. The molecule has 0 bridgehead atoms. The minimum absolute atomic E-state index is 0.121. The van der Waals surface area contributed by atoms with Crippen molar-refractivity contribution in [2.45, 2.75) is 64.5 Å². The monoisotopic (exact) mass is 466 g/mol. The van der Waals surface area contributed by atoms with Crippen molar-refractivity contribution in [1.82, 2.24) is 24.8 Å². The van der Waals surface area contributed by atoms with Crippen LogP contribution in [-0.2, 0) is 12.8 Å². The van der Waals surface area contributed by atoms with Gasteiger partial charge in [0.2, 0.25) is 0 Å². The number of benzene rings is 1. The fourth-order valence-corrected chi connectivity index (χ4v) is 5.26. The van der Waals surface area contributed by atoms with E-state index in [-0.39, 0.29) is 6.10 Å². The summed E-state index contributed by atoms with van der Waals surface area (Å²) in [5.41, 5.74) is 4.51. The first-order valence-electron chi connectivity index (χ1n) is 12.7. The van der Waals surface area contributed by atoms with Crippen LogP contribution in [0.3, 0.4) is 0 Å². The number of aliphatic hydroxyl groups is 1. The Morgan fingerprint density at radius 2 is 1.88 bits per heavy atom. The Morgan fingerprint density at radius 3 is 2.62 bits per heavy atom. The topological polar surface area (TPSA) is 90.4 Å². The normalized spacial score (nSPS) is 21.9. The van der Waals surface area contributed by atoms with Crippen LogP contribution in [-0.4, -0.2) is 75.4 Å². The van der Waals surface area contributed by atoms with Crippen LogP contribution in [0.4, 0.5) is 5.82 Å². The molecule has 6 rings (SSSR count). The fraction of sp³-hybridized carbons (Fsp3) is 0.577. The molecule has 8 nitrogen and oxygen atoms in total. The number of nitrogens with zero attached hydrogens (tertiary/aromatic N) is 5. The van der Waals surface area contributed by atoms with E-state index in [9.17, 15) is 5.11 Å². The number of β-amino-alcohol motifs (C(OH)–C–C–N with tert-alkyl or cyclic N) is 1. The van der Waals surface area contributed by atoms with E-state index in [1.54, 1.807) is 19.8 Å². The predicted octanol–water partition coefficient (Wildman–Crippen LogP) is 3.60. The second-order valence-electron chi connectivity index (χ2n) is 8.92. The van der Waals surface area contributed by atoms with Crippen molar-refractivity contribution in [1.29, 1.82) is 0 Å². The molecule has 2 N–H and O–H groups in total. The van der Waals surface area contributed by atoms with Gasteiger partial charge in [-0.15, -0.1) is 0 Å². The number of likely N-dealkylation sites (tertiary alicyclic amines) is 1. The lowest BCUT2D eigenvalue weighted by Gasteiger charge is -2.32. The van der Waals surface area contributed by atoms with Crippen molar-refractivity contribution in [3.05, 3.63) is 42.0 Å². The zero-order valence-electron chi connectivity index (χ0n) is 20.7. The number of nitrogens with one attached hydrogen (secondary N) is 1.